The second-order valence-electron chi connectivity index (χ2n) is 4.29. The van der Waals surface area contributed by atoms with Gasteiger partial charge in [0.15, 0.2) is 5.65 Å². The van der Waals surface area contributed by atoms with Crippen molar-refractivity contribution >= 4 is 11.5 Å². The molecule has 0 bridgehead atoms. The van der Waals surface area contributed by atoms with Crippen molar-refractivity contribution in [3.63, 3.8) is 0 Å². The van der Waals surface area contributed by atoms with Gasteiger partial charge in [0, 0.05) is 25.7 Å². The molecule has 2 aromatic heterocycles. The van der Waals surface area contributed by atoms with E-state index in [1.54, 1.807) is 6.07 Å². The molecule has 7 nitrogen and oxygen atoms in total. The minimum Gasteiger partial charge on any atom is -0.352 e. The Bertz CT molecular complexity index is 588. The van der Waals surface area contributed by atoms with Gasteiger partial charge in [0.05, 0.1) is 0 Å². The lowest BCUT2D eigenvalue weighted by Crippen LogP contribution is -2.49. The molecule has 0 aliphatic carbocycles. The fourth-order valence-electron chi connectivity index (χ4n) is 2.10. The Kier molecular flexibility index (Phi) is 2.32. The zero-order valence-electron chi connectivity index (χ0n) is 9.55. The lowest BCUT2D eigenvalue weighted by molar-refractivity contribution is 0.480. The molecule has 7 heteroatoms. The second kappa shape index (κ2) is 3.85. The number of aromatic amines is 1. The summed E-state index contributed by atoms with van der Waals surface area (Å²) in [5.41, 5.74) is 0.243. The van der Waals surface area contributed by atoms with E-state index in [1.165, 1.54) is 4.52 Å². The van der Waals surface area contributed by atoms with Gasteiger partial charge in [-0.1, -0.05) is 0 Å². The van der Waals surface area contributed by atoms with Crippen molar-refractivity contribution in [2.45, 2.75) is 13.0 Å². The third-order valence-corrected chi connectivity index (χ3v) is 2.95. The summed E-state index contributed by atoms with van der Waals surface area (Å²) in [6.07, 6.45) is 0. The van der Waals surface area contributed by atoms with E-state index in [2.05, 4.69) is 32.4 Å². The predicted octanol–water partition coefficient (Wildman–Crippen LogP) is -0.784. The van der Waals surface area contributed by atoms with Gasteiger partial charge in [-0.15, -0.1) is 5.10 Å². The molecule has 1 aliphatic rings. The van der Waals surface area contributed by atoms with Crippen molar-refractivity contribution in [2.75, 3.05) is 24.5 Å². The highest BCUT2D eigenvalue weighted by atomic mass is 16.2. The van der Waals surface area contributed by atoms with Crippen LogP contribution in [-0.4, -0.2) is 45.5 Å². The quantitative estimate of drug-likeness (QED) is 0.676. The highest BCUT2D eigenvalue weighted by Gasteiger charge is 2.17. The lowest BCUT2D eigenvalue weighted by Gasteiger charge is -2.32. The van der Waals surface area contributed by atoms with E-state index in [1.807, 2.05) is 6.07 Å². The first-order valence-corrected chi connectivity index (χ1v) is 5.67. The predicted molar refractivity (Wildman–Crippen MR) is 63.3 cm³/mol. The number of anilines is 1. The van der Waals surface area contributed by atoms with Gasteiger partial charge >= 0.3 is 5.69 Å². The number of rotatable bonds is 1. The Morgan fingerprint density at radius 3 is 3.18 bits per heavy atom. The van der Waals surface area contributed by atoms with Crippen molar-refractivity contribution in [2.24, 2.45) is 0 Å². The largest absolute Gasteiger partial charge is 0.364 e. The molecule has 3 heterocycles. The molecule has 17 heavy (non-hydrogen) atoms. The standard InChI is InChI=1S/C10H14N6O/c1-7-6-15(5-4-11-7)9-3-2-8-12-13-10(17)16(8)14-9/h2-3,7,11H,4-6H2,1H3,(H,13,17)/t7-/m0/s1. The van der Waals surface area contributed by atoms with E-state index < -0.39 is 0 Å². The molecule has 0 unspecified atom stereocenters. The topological polar surface area (TPSA) is 78.3 Å². The Hall–Kier alpha value is -1.89. The summed E-state index contributed by atoms with van der Waals surface area (Å²) in [7, 11) is 0. The normalized spacial score (nSPS) is 21.0. The van der Waals surface area contributed by atoms with Crippen LogP contribution in [0.3, 0.4) is 0 Å². The van der Waals surface area contributed by atoms with Crippen LogP contribution in [0, 0.1) is 0 Å². The smallest absolute Gasteiger partial charge is 0.352 e. The molecule has 0 spiro atoms. The van der Waals surface area contributed by atoms with Gasteiger partial charge in [-0.2, -0.15) is 9.61 Å². The summed E-state index contributed by atoms with van der Waals surface area (Å²) in [6, 6.07) is 4.13. The third-order valence-electron chi connectivity index (χ3n) is 2.95. The molecule has 1 saturated heterocycles. The average Bonchev–Trinajstić information content (AvgIpc) is 2.71. The highest BCUT2D eigenvalue weighted by molar-refractivity contribution is 5.45. The Morgan fingerprint density at radius 1 is 1.47 bits per heavy atom. The van der Waals surface area contributed by atoms with Gasteiger partial charge in [0.2, 0.25) is 0 Å². The van der Waals surface area contributed by atoms with Crippen LogP contribution in [0.1, 0.15) is 6.92 Å². The van der Waals surface area contributed by atoms with Crippen molar-refractivity contribution in [3.05, 3.63) is 22.6 Å². The summed E-state index contributed by atoms with van der Waals surface area (Å²) < 4.78 is 1.29. The molecule has 90 valence electrons. The first-order valence-electron chi connectivity index (χ1n) is 5.67. The second-order valence-corrected chi connectivity index (χ2v) is 4.29. The van der Waals surface area contributed by atoms with Crippen LogP contribution in [0.4, 0.5) is 5.82 Å². The molecule has 2 N–H and O–H groups in total. The van der Waals surface area contributed by atoms with E-state index in [0.29, 0.717) is 11.7 Å². The molecular formula is C10H14N6O. The monoisotopic (exact) mass is 234 g/mol. The Morgan fingerprint density at radius 2 is 2.35 bits per heavy atom. The summed E-state index contributed by atoms with van der Waals surface area (Å²) in [6.45, 7) is 4.86. The summed E-state index contributed by atoms with van der Waals surface area (Å²) in [4.78, 5) is 13.6. The van der Waals surface area contributed by atoms with Gasteiger partial charge in [0.1, 0.15) is 5.82 Å². The number of fused-ring (bicyclic) bond motifs is 1. The molecule has 0 radical (unpaired) electrons. The number of piperazine rings is 1. The first kappa shape index (κ1) is 10.3. The van der Waals surface area contributed by atoms with Gasteiger partial charge in [-0.3, -0.25) is 0 Å². The summed E-state index contributed by atoms with van der Waals surface area (Å²) in [5.74, 6) is 0.814. The van der Waals surface area contributed by atoms with Gasteiger partial charge < -0.3 is 10.2 Å². The minimum absolute atomic E-state index is 0.301. The molecule has 3 rings (SSSR count). The number of hydrogen-bond donors (Lipinski definition) is 2. The maximum absolute atomic E-state index is 11.4. The number of hydrogen-bond acceptors (Lipinski definition) is 5. The molecule has 1 atom stereocenters. The van der Waals surface area contributed by atoms with Gasteiger partial charge in [0.25, 0.3) is 0 Å². The van der Waals surface area contributed by atoms with Crippen LogP contribution >= 0.6 is 0 Å². The van der Waals surface area contributed by atoms with Crippen molar-refractivity contribution in [1.29, 1.82) is 0 Å². The van der Waals surface area contributed by atoms with Crippen molar-refractivity contribution in [1.82, 2.24) is 25.1 Å². The zero-order valence-corrected chi connectivity index (χ0v) is 9.55. The maximum Gasteiger partial charge on any atom is 0.364 e. The van der Waals surface area contributed by atoms with Gasteiger partial charge in [-0.05, 0) is 19.1 Å². The van der Waals surface area contributed by atoms with Crippen molar-refractivity contribution in [3.8, 4) is 0 Å². The van der Waals surface area contributed by atoms with E-state index >= 15 is 0 Å². The highest BCUT2D eigenvalue weighted by Crippen LogP contribution is 2.12. The molecule has 1 aliphatic heterocycles. The lowest BCUT2D eigenvalue weighted by atomic mass is 10.2. The summed E-state index contributed by atoms with van der Waals surface area (Å²) in [5, 5.41) is 13.9. The van der Waals surface area contributed by atoms with Crippen LogP contribution in [0.25, 0.3) is 5.65 Å². The molecular weight excluding hydrogens is 220 g/mol. The molecule has 0 saturated carbocycles. The fraction of sp³-hybridized carbons (Fsp3) is 0.500. The molecule has 0 aromatic carbocycles. The van der Waals surface area contributed by atoms with Crippen LogP contribution < -0.4 is 15.9 Å². The first-order chi connectivity index (χ1) is 8.24. The third kappa shape index (κ3) is 1.78. The number of nitrogens with one attached hydrogen (secondary N) is 2. The molecule has 0 amide bonds. The molecule has 2 aromatic rings. The van der Waals surface area contributed by atoms with E-state index in [9.17, 15) is 4.79 Å². The summed E-state index contributed by atoms with van der Waals surface area (Å²) >= 11 is 0. The van der Waals surface area contributed by atoms with E-state index in [-0.39, 0.29) is 5.69 Å². The van der Waals surface area contributed by atoms with Crippen LogP contribution in [-0.2, 0) is 0 Å². The van der Waals surface area contributed by atoms with E-state index in [4.69, 9.17) is 0 Å². The van der Waals surface area contributed by atoms with E-state index in [0.717, 1.165) is 25.5 Å². The Balaban J connectivity index is 1.99. The average molecular weight is 234 g/mol. The Labute approximate surface area is 97.4 Å². The maximum atomic E-state index is 11.4. The number of aromatic nitrogens is 4. The fourth-order valence-corrected chi connectivity index (χ4v) is 2.10. The number of H-pyrrole nitrogens is 1. The zero-order chi connectivity index (χ0) is 11.8. The SMILES string of the molecule is C[C@H]1CN(c2ccc3n[nH]c(=O)n3n2)CCN1. The minimum atomic E-state index is -0.301. The van der Waals surface area contributed by atoms with Crippen LogP contribution in [0.15, 0.2) is 16.9 Å². The van der Waals surface area contributed by atoms with Crippen molar-refractivity contribution < 1.29 is 0 Å². The number of nitrogens with zero attached hydrogens (tertiary/aromatic N) is 4. The van der Waals surface area contributed by atoms with Crippen LogP contribution in [0.2, 0.25) is 0 Å². The van der Waals surface area contributed by atoms with Crippen LogP contribution in [0.5, 0.6) is 0 Å². The van der Waals surface area contributed by atoms with Gasteiger partial charge in [-0.25, -0.2) is 9.89 Å². The molecule has 1 fully saturated rings.